The van der Waals surface area contributed by atoms with Crippen molar-refractivity contribution in [2.45, 2.75) is 51.0 Å². The number of carbonyl (C=O) groups is 1. The number of likely N-dealkylation sites (tertiary alicyclic amines) is 1. The maximum atomic E-state index is 12.3. The summed E-state index contributed by atoms with van der Waals surface area (Å²) in [6.07, 6.45) is 8.13. The Labute approximate surface area is 154 Å². The molecule has 7 heteroatoms. The van der Waals surface area contributed by atoms with Gasteiger partial charge in [0.05, 0.1) is 4.92 Å². The number of hydrogen-bond donors (Lipinski definition) is 2. The Kier molecular flexibility index (Phi) is 6.44. The molecular weight excluding hydrogens is 332 g/mol. The van der Waals surface area contributed by atoms with Crippen molar-refractivity contribution in [2.24, 2.45) is 0 Å². The molecule has 1 heterocycles. The predicted molar refractivity (Wildman–Crippen MR) is 102 cm³/mol. The van der Waals surface area contributed by atoms with Crippen LogP contribution in [0.15, 0.2) is 18.2 Å². The van der Waals surface area contributed by atoms with E-state index in [0.29, 0.717) is 23.8 Å². The first-order chi connectivity index (χ1) is 12.6. The van der Waals surface area contributed by atoms with Gasteiger partial charge < -0.3 is 15.5 Å². The Morgan fingerprint density at radius 1 is 1.19 bits per heavy atom. The summed E-state index contributed by atoms with van der Waals surface area (Å²) >= 11 is 0. The summed E-state index contributed by atoms with van der Waals surface area (Å²) in [6.45, 7) is 3.88. The van der Waals surface area contributed by atoms with E-state index >= 15 is 0 Å². The smallest absolute Gasteiger partial charge is 0.293 e. The van der Waals surface area contributed by atoms with E-state index < -0.39 is 4.92 Å². The molecular formula is C19H28N4O3. The van der Waals surface area contributed by atoms with Gasteiger partial charge in [-0.25, -0.2) is 0 Å². The highest BCUT2D eigenvalue weighted by Gasteiger charge is 2.25. The van der Waals surface area contributed by atoms with Gasteiger partial charge in [-0.1, -0.05) is 12.8 Å². The molecule has 26 heavy (non-hydrogen) atoms. The Hall–Kier alpha value is -2.15. The molecule has 2 N–H and O–H groups in total. The van der Waals surface area contributed by atoms with Crippen LogP contribution in [0, 0.1) is 10.1 Å². The molecule has 3 rings (SSSR count). The fraction of sp³-hybridized carbons (Fsp3) is 0.632. The normalized spacial score (nSPS) is 18.2. The zero-order chi connectivity index (χ0) is 18.4. The third-order valence-electron chi connectivity index (χ3n) is 5.03. The van der Waals surface area contributed by atoms with Crippen LogP contribution in [0.3, 0.4) is 0 Å². The van der Waals surface area contributed by atoms with Crippen molar-refractivity contribution in [1.82, 2.24) is 10.2 Å². The average molecular weight is 360 g/mol. The maximum absolute atomic E-state index is 12.3. The molecule has 2 fully saturated rings. The fourth-order valence-electron chi connectivity index (χ4n) is 3.36. The second kappa shape index (κ2) is 8.98. The summed E-state index contributed by atoms with van der Waals surface area (Å²) in [7, 11) is 0. The highest BCUT2D eigenvalue weighted by Crippen LogP contribution is 2.31. The van der Waals surface area contributed by atoms with Gasteiger partial charge in [0.1, 0.15) is 5.69 Å². The van der Waals surface area contributed by atoms with E-state index in [0.717, 1.165) is 38.9 Å². The number of rotatable bonds is 8. The molecule has 1 aromatic rings. The van der Waals surface area contributed by atoms with Crippen LogP contribution < -0.4 is 10.6 Å². The van der Waals surface area contributed by atoms with Crippen molar-refractivity contribution in [3.05, 3.63) is 33.9 Å². The summed E-state index contributed by atoms with van der Waals surface area (Å²) in [4.78, 5) is 25.6. The molecule has 0 radical (unpaired) electrons. The lowest BCUT2D eigenvalue weighted by atomic mass is 10.1. The van der Waals surface area contributed by atoms with E-state index in [4.69, 9.17) is 0 Å². The molecule has 7 nitrogen and oxygen atoms in total. The topological polar surface area (TPSA) is 87.5 Å². The number of nitro groups is 1. The van der Waals surface area contributed by atoms with Crippen molar-refractivity contribution in [3.8, 4) is 0 Å². The largest absolute Gasteiger partial charge is 0.377 e. The number of benzene rings is 1. The minimum atomic E-state index is -0.430. The van der Waals surface area contributed by atoms with Crippen molar-refractivity contribution < 1.29 is 9.72 Å². The molecule has 1 saturated carbocycles. The molecule has 1 saturated heterocycles. The van der Waals surface area contributed by atoms with Crippen LogP contribution in [0.25, 0.3) is 0 Å². The number of hydrogen-bond acceptors (Lipinski definition) is 5. The van der Waals surface area contributed by atoms with E-state index in [-0.39, 0.29) is 11.6 Å². The molecule has 1 aliphatic heterocycles. The summed E-state index contributed by atoms with van der Waals surface area (Å²) in [5.74, 6) is -0.248. The number of amides is 1. The first kappa shape index (κ1) is 18.6. The van der Waals surface area contributed by atoms with Gasteiger partial charge >= 0.3 is 0 Å². The maximum Gasteiger partial charge on any atom is 0.293 e. The summed E-state index contributed by atoms with van der Waals surface area (Å²) in [6, 6.07) is 4.99. The van der Waals surface area contributed by atoms with Crippen LogP contribution in [-0.4, -0.2) is 48.0 Å². The lowest BCUT2D eigenvalue weighted by Crippen LogP contribution is -2.30. The van der Waals surface area contributed by atoms with Crippen LogP contribution >= 0.6 is 0 Å². The minimum Gasteiger partial charge on any atom is -0.377 e. The summed E-state index contributed by atoms with van der Waals surface area (Å²) in [5, 5.41) is 17.3. The highest BCUT2D eigenvalue weighted by atomic mass is 16.6. The van der Waals surface area contributed by atoms with Gasteiger partial charge in [-0.2, -0.15) is 0 Å². The predicted octanol–water partition coefficient (Wildman–Crippen LogP) is 3.17. The molecule has 2 aliphatic rings. The second-order valence-electron chi connectivity index (χ2n) is 7.27. The minimum absolute atomic E-state index is 0.0332. The molecule has 0 bridgehead atoms. The van der Waals surface area contributed by atoms with E-state index in [2.05, 4.69) is 15.5 Å². The molecule has 0 spiro atoms. The zero-order valence-corrected chi connectivity index (χ0v) is 15.2. The Balaban J connectivity index is 1.49. The number of nitrogens with one attached hydrogen (secondary N) is 2. The Morgan fingerprint density at radius 3 is 2.58 bits per heavy atom. The van der Waals surface area contributed by atoms with Gasteiger partial charge in [-0.15, -0.1) is 0 Å². The number of nitro benzene ring substituents is 1. The van der Waals surface area contributed by atoms with Gasteiger partial charge in [0, 0.05) is 24.2 Å². The summed E-state index contributed by atoms with van der Waals surface area (Å²) < 4.78 is 0. The first-order valence-corrected chi connectivity index (χ1v) is 9.69. The number of carbonyl (C=O) groups excluding carboxylic acids is 1. The molecule has 0 unspecified atom stereocenters. The van der Waals surface area contributed by atoms with Crippen molar-refractivity contribution in [3.63, 3.8) is 0 Å². The molecule has 0 aromatic heterocycles. The highest BCUT2D eigenvalue weighted by molar-refractivity contribution is 5.95. The van der Waals surface area contributed by atoms with Gasteiger partial charge in [0.2, 0.25) is 0 Å². The van der Waals surface area contributed by atoms with E-state index in [1.165, 1.54) is 31.7 Å². The second-order valence-corrected chi connectivity index (χ2v) is 7.27. The first-order valence-electron chi connectivity index (χ1n) is 9.69. The standard InChI is InChI=1S/C19H28N4O3/c24-19(20-10-5-13-22-11-3-1-2-4-12-22)15-6-9-17(21-16-7-8-16)18(14-15)23(25)26/h6,9,14,16,21H,1-5,7-8,10-13H2,(H,20,24). The van der Waals surface area contributed by atoms with Crippen molar-refractivity contribution in [1.29, 1.82) is 0 Å². The van der Waals surface area contributed by atoms with Gasteiger partial charge in [-0.05, 0) is 63.9 Å². The molecule has 0 atom stereocenters. The van der Waals surface area contributed by atoms with E-state index in [1.54, 1.807) is 12.1 Å². The van der Waals surface area contributed by atoms with Crippen LogP contribution in [0.5, 0.6) is 0 Å². The third kappa shape index (κ3) is 5.42. The van der Waals surface area contributed by atoms with E-state index in [1.807, 2.05) is 0 Å². The molecule has 1 amide bonds. The Bertz CT molecular complexity index is 638. The quantitative estimate of drug-likeness (QED) is 0.422. The molecule has 1 aromatic carbocycles. The number of anilines is 1. The van der Waals surface area contributed by atoms with E-state index in [9.17, 15) is 14.9 Å². The molecule has 1 aliphatic carbocycles. The lowest BCUT2D eigenvalue weighted by molar-refractivity contribution is -0.384. The van der Waals surface area contributed by atoms with Crippen molar-refractivity contribution in [2.75, 3.05) is 31.5 Å². The monoisotopic (exact) mass is 360 g/mol. The summed E-state index contributed by atoms with van der Waals surface area (Å²) in [5.41, 5.74) is 0.803. The van der Waals surface area contributed by atoms with Crippen LogP contribution in [0.1, 0.15) is 55.3 Å². The number of nitrogens with zero attached hydrogens (tertiary/aromatic N) is 2. The lowest BCUT2D eigenvalue weighted by Gasteiger charge is -2.19. The Morgan fingerprint density at radius 2 is 1.92 bits per heavy atom. The SMILES string of the molecule is O=C(NCCCN1CCCCCC1)c1ccc(NC2CC2)c([N+](=O)[O-])c1. The average Bonchev–Trinajstić information content (AvgIpc) is 3.46. The molecule has 142 valence electrons. The van der Waals surface area contributed by atoms with Gasteiger partial charge in [0.15, 0.2) is 0 Å². The van der Waals surface area contributed by atoms with Gasteiger partial charge in [0.25, 0.3) is 11.6 Å². The third-order valence-corrected chi connectivity index (χ3v) is 5.03. The van der Waals surface area contributed by atoms with Gasteiger partial charge in [-0.3, -0.25) is 14.9 Å². The fourth-order valence-corrected chi connectivity index (χ4v) is 3.36. The van der Waals surface area contributed by atoms with Crippen molar-refractivity contribution >= 4 is 17.3 Å². The zero-order valence-electron chi connectivity index (χ0n) is 15.2. The van der Waals surface area contributed by atoms with Crippen LogP contribution in [-0.2, 0) is 0 Å². The van der Waals surface area contributed by atoms with Crippen LogP contribution in [0.2, 0.25) is 0 Å². The van der Waals surface area contributed by atoms with Crippen LogP contribution in [0.4, 0.5) is 11.4 Å².